The lowest BCUT2D eigenvalue weighted by Crippen LogP contribution is -2.49. The highest BCUT2D eigenvalue weighted by atomic mass is 32.2. The third kappa shape index (κ3) is 4.21. The number of amides is 1. The number of thiophene rings is 1. The zero-order valence-electron chi connectivity index (χ0n) is 17.4. The van der Waals surface area contributed by atoms with Crippen LogP contribution < -0.4 is 4.90 Å². The van der Waals surface area contributed by atoms with E-state index in [0.717, 1.165) is 36.6 Å². The van der Waals surface area contributed by atoms with E-state index in [1.165, 1.54) is 15.6 Å². The number of hydrogen-bond acceptors (Lipinski definition) is 7. The molecule has 0 aliphatic carbocycles. The second-order valence-electron chi connectivity index (χ2n) is 7.77. The number of carbonyl (C=O) groups excluding carboxylic acids is 1. The summed E-state index contributed by atoms with van der Waals surface area (Å²) >= 11 is 1.21. The number of rotatable bonds is 4. The van der Waals surface area contributed by atoms with Crippen molar-refractivity contribution in [1.29, 1.82) is 0 Å². The van der Waals surface area contributed by atoms with E-state index in [-0.39, 0.29) is 10.8 Å². The van der Waals surface area contributed by atoms with Crippen LogP contribution in [0.4, 0.5) is 5.82 Å². The number of nitrogens with zero attached hydrogens (tertiary/aromatic N) is 5. The predicted octanol–water partition coefficient (Wildman–Crippen LogP) is 2.29. The van der Waals surface area contributed by atoms with E-state index in [2.05, 4.69) is 14.9 Å². The zero-order valence-corrected chi connectivity index (χ0v) is 19.0. The summed E-state index contributed by atoms with van der Waals surface area (Å²) in [5.74, 6) is 1.40. The molecule has 162 valence electrons. The molecule has 4 rings (SSSR count). The third-order valence-electron chi connectivity index (χ3n) is 5.60. The summed E-state index contributed by atoms with van der Waals surface area (Å²) in [5.41, 5.74) is 0.919. The van der Waals surface area contributed by atoms with Gasteiger partial charge in [-0.1, -0.05) is 6.42 Å². The van der Waals surface area contributed by atoms with Crippen molar-refractivity contribution in [2.45, 2.75) is 38.0 Å². The first-order valence-electron chi connectivity index (χ1n) is 10.3. The third-order valence-corrected chi connectivity index (χ3v) is 8.57. The Morgan fingerprint density at radius 2 is 1.70 bits per heavy atom. The van der Waals surface area contributed by atoms with Crippen LogP contribution in [0.1, 0.15) is 40.5 Å². The van der Waals surface area contributed by atoms with Crippen LogP contribution in [0.3, 0.4) is 0 Å². The molecule has 0 atom stereocenters. The Bertz CT molecular complexity index is 1000. The maximum absolute atomic E-state index is 13.2. The van der Waals surface area contributed by atoms with Crippen molar-refractivity contribution in [1.82, 2.24) is 19.2 Å². The fourth-order valence-electron chi connectivity index (χ4n) is 4.04. The number of aromatic nitrogens is 2. The highest BCUT2D eigenvalue weighted by molar-refractivity contribution is 7.89. The Hall–Kier alpha value is -2.04. The van der Waals surface area contributed by atoms with E-state index in [1.807, 2.05) is 19.9 Å². The van der Waals surface area contributed by atoms with E-state index in [0.29, 0.717) is 44.1 Å². The number of aryl methyl sites for hydroxylation is 2. The van der Waals surface area contributed by atoms with E-state index >= 15 is 0 Å². The van der Waals surface area contributed by atoms with Crippen molar-refractivity contribution in [2.75, 3.05) is 44.2 Å². The first kappa shape index (κ1) is 21.2. The second-order valence-corrected chi connectivity index (χ2v) is 10.6. The molecule has 0 spiro atoms. The molecule has 2 saturated heterocycles. The van der Waals surface area contributed by atoms with E-state index in [9.17, 15) is 13.2 Å². The van der Waals surface area contributed by atoms with Gasteiger partial charge in [0.2, 0.25) is 10.0 Å². The number of sulfonamides is 1. The van der Waals surface area contributed by atoms with Gasteiger partial charge in [-0.2, -0.15) is 4.31 Å². The Labute approximate surface area is 181 Å². The fourth-order valence-corrected chi connectivity index (χ4v) is 6.92. The van der Waals surface area contributed by atoms with Crippen molar-refractivity contribution in [3.8, 4) is 0 Å². The quantitative estimate of drug-likeness (QED) is 0.712. The van der Waals surface area contributed by atoms with E-state index < -0.39 is 10.0 Å². The summed E-state index contributed by atoms with van der Waals surface area (Å²) in [7, 11) is -3.63. The zero-order chi connectivity index (χ0) is 21.3. The van der Waals surface area contributed by atoms with Gasteiger partial charge in [-0.25, -0.2) is 18.4 Å². The van der Waals surface area contributed by atoms with Crippen molar-refractivity contribution in [3.05, 3.63) is 33.9 Å². The molecule has 0 aromatic carbocycles. The molecule has 8 nitrogen and oxygen atoms in total. The molecule has 2 aliphatic heterocycles. The molecular weight excluding hydrogens is 422 g/mol. The van der Waals surface area contributed by atoms with E-state index in [4.69, 9.17) is 0 Å². The average molecular weight is 450 g/mol. The second kappa shape index (κ2) is 8.60. The minimum absolute atomic E-state index is 0.156. The topological polar surface area (TPSA) is 86.7 Å². The van der Waals surface area contributed by atoms with Crippen LogP contribution in [-0.4, -0.2) is 72.8 Å². The molecular formula is C20H27N5O3S2. The van der Waals surface area contributed by atoms with Gasteiger partial charge in [0.15, 0.2) is 0 Å². The smallest absolute Gasteiger partial charge is 0.265 e. The van der Waals surface area contributed by atoms with Crippen LogP contribution in [0.15, 0.2) is 22.4 Å². The Morgan fingerprint density at radius 3 is 2.37 bits per heavy atom. The highest BCUT2D eigenvalue weighted by Crippen LogP contribution is 2.29. The van der Waals surface area contributed by atoms with Gasteiger partial charge in [-0.05, 0) is 38.1 Å². The summed E-state index contributed by atoms with van der Waals surface area (Å²) in [6, 6.07) is 3.53. The monoisotopic (exact) mass is 449 g/mol. The van der Waals surface area contributed by atoms with Crippen LogP contribution in [0.25, 0.3) is 0 Å². The molecule has 0 unspecified atom stereocenters. The van der Waals surface area contributed by atoms with Crippen LogP contribution in [0.5, 0.6) is 0 Å². The molecule has 1 amide bonds. The average Bonchev–Trinajstić information content (AvgIpc) is 3.24. The van der Waals surface area contributed by atoms with Crippen LogP contribution in [0, 0.1) is 13.8 Å². The molecule has 10 heteroatoms. The van der Waals surface area contributed by atoms with Gasteiger partial charge in [0.1, 0.15) is 21.4 Å². The Morgan fingerprint density at radius 1 is 1.00 bits per heavy atom. The summed E-state index contributed by atoms with van der Waals surface area (Å²) in [6.07, 6.45) is 2.80. The maximum atomic E-state index is 13.2. The molecule has 0 bridgehead atoms. The summed E-state index contributed by atoms with van der Waals surface area (Å²) in [6.45, 7) is 7.24. The summed E-state index contributed by atoms with van der Waals surface area (Å²) < 4.78 is 27.7. The lowest BCUT2D eigenvalue weighted by atomic mass is 10.2. The standard InChI is InChI=1S/C20H27N5O3S2/c1-15-14-18(22-16(2)21-15)23-9-11-24(12-10-23)20(26)19-17(6-13-29-19)30(27,28)25-7-4-3-5-8-25/h6,13-14H,3-5,7-12H2,1-2H3. The molecule has 2 aromatic heterocycles. The number of hydrogen-bond donors (Lipinski definition) is 0. The van der Waals surface area contributed by atoms with Gasteiger partial charge in [-0.3, -0.25) is 4.79 Å². The first-order valence-corrected chi connectivity index (χ1v) is 12.6. The maximum Gasteiger partial charge on any atom is 0.265 e. The van der Waals surface area contributed by atoms with Crippen LogP contribution >= 0.6 is 11.3 Å². The van der Waals surface area contributed by atoms with Gasteiger partial charge in [0.25, 0.3) is 5.91 Å². The van der Waals surface area contributed by atoms with Crippen LogP contribution in [-0.2, 0) is 10.0 Å². The molecule has 0 radical (unpaired) electrons. The minimum atomic E-state index is -3.63. The van der Waals surface area contributed by atoms with Gasteiger partial charge in [-0.15, -0.1) is 11.3 Å². The Balaban J connectivity index is 1.47. The number of anilines is 1. The molecule has 0 saturated carbocycles. The first-order chi connectivity index (χ1) is 14.4. The number of carbonyl (C=O) groups is 1. The van der Waals surface area contributed by atoms with Gasteiger partial charge in [0, 0.05) is 51.0 Å². The van der Waals surface area contributed by atoms with Gasteiger partial charge >= 0.3 is 0 Å². The van der Waals surface area contributed by atoms with Crippen molar-refractivity contribution >= 4 is 33.1 Å². The molecule has 0 N–H and O–H groups in total. The van der Waals surface area contributed by atoms with Crippen LogP contribution in [0.2, 0.25) is 0 Å². The SMILES string of the molecule is Cc1cc(N2CCN(C(=O)c3sccc3S(=O)(=O)N3CCCCC3)CC2)nc(C)n1. The van der Waals surface area contributed by atoms with Crippen molar-refractivity contribution < 1.29 is 13.2 Å². The predicted molar refractivity (Wildman–Crippen MR) is 117 cm³/mol. The molecule has 2 fully saturated rings. The summed E-state index contributed by atoms with van der Waals surface area (Å²) in [5, 5.41) is 1.70. The lowest BCUT2D eigenvalue weighted by molar-refractivity contribution is 0.0747. The van der Waals surface area contributed by atoms with Gasteiger partial charge < -0.3 is 9.80 Å². The normalized spacial score (nSPS) is 18.6. The van der Waals surface area contributed by atoms with Gasteiger partial charge in [0.05, 0.1) is 0 Å². The lowest BCUT2D eigenvalue weighted by Gasteiger charge is -2.35. The molecule has 30 heavy (non-hydrogen) atoms. The number of piperazine rings is 1. The molecule has 4 heterocycles. The van der Waals surface area contributed by atoms with Crippen molar-refractivity contribution in [2.24, 2.45) is 0 Å². The summed E-state index contributed by atoms with van der Waals surface area (Å²) in [4.78, 5) is 26.4. The largest absolute Gasteiger partial charge is 0.353 e. The molecule has 2 aliphatic rings. The Kier molecular flexibility index (Phi) is 6.08. The highest BCUT2D eigenvalue weighted by Gasteiger charge is 2.33. The van der Waals surface area contributed by atoms with Crippen molar-refractivity contribution in [3.63, 3.8) is 0 Å². The molecule has 2 aromatic rings. The number of piperidine rings is 1. The van der Waals surface area contributed by atoms with E-state index in [1.54, 1.807) is 16.3 Å². The fraction of sp³-hybridized carbons (Fsp3) is 0.550. The minimum Gasteiger partial charge on any atom is -0.353 e.